The van der Waals surface area contributed by atoms with Gasteiger partial charge in [-0.25, -0.2) is 4.68 Å². The fourth-order valence-electron chi connectivity index (χ4n) is 3.15. The molecular formula is C15H25N5O. The molecule has 0 bridgehead atoms. The topological polar surface area (TPSA) is 44.6 Å². The van der Waals surface area contributed by atoms with Crippen molar-refractivity contribution >= 4 is 5.82 Å². The van der Waals surface area contributed by atoms with E-state index in [1.165, 1.54) is 17.8 Å². The minimum absolute atomic E-state index is 0.0550. The summed E-state index contributed by atoms with van der Waals surface area (Å²) in [7, 11) is 1.70. The number of piperazine rings is 1. The molecule has 0 aliphatic carbocycles. The molecule has 2 aliphatic rings. The highest BCUT2D eigenvalue weighted by molar-refractivity contribution is 5.41. The van der Waals surface area contributed by atoms with Crippen LogP contribution in [0.4, 0.5) is 5.82 Å². The first-order valence-corrected chi connectivity index (χ1v) is 7.82. The zero-order valence-electron chi connectivity index (χ0n) is 13.2. The van der Waals surface area contributed by atoms with E-state index in [1.807, 2.05) is 6.07 Å². The first-order valence-electron chi connectivity index (χ1n) is 7.82. The number of hydrogen-bond acceptors (Lipinski definition) is 5. The number of nitrogens with zero attached hydrogens (tertiary/aromatic N) is 5. The van der Waals surface area contributed by atoms with Gasteiger partial charge in [0.05, 0.1) is 0 Å². The van der Waals surface area contributed by atoms with Crippen molar-refractivity contribution in [1.29, 1.82) is 0 Å². The van der Waals surface area contributed by atoms with Gasteiger partial charge in [-0.2, -0.15) is 5.10 Å². The van der Waals surface area contributed by atoms with Gasteiger partial charge in [0.1, 0.15) is 5.82 Å². The predicted molar refractivity (Wildman–Crippen MR) is 83.8 cm³/mol. The lowest BCUT2D eigenvalue weighted by molar-refractivity contribution is 0.0675. The van der Waals surface area contributed by atoms with Crippen molar-refractivity contribution in [3.8, 4) is 0 Å². The van der Waals surface area contributed by atoms with Gasteiger partial charge < -0.3 is 4.90 Å². The van der Waals surface area contributed by atoms with Gasteiger partial charge in [-0.3, -0.25) is 14.6 Å². The zero-order valence-corrected chi connectivity index (χ0v) is 13.2. The molecule has 0 amide bonds. The summed E-state index contributed by atoms with van der Waals surface area (Å²) in [6.45, 7) is 11.3. The Bertz CT molecular complexity index is 541. The van der Waals surface area contributed by atoms with Crippen LogP contribution in [0.3, 0.4) is 0 Å². The third-order valence-corrected chi connectivity index (χ3v) is 4.73. The Kier molecular flexibility index (Phi) is 3.99. The molecule has 2 fully saturated rings. The Labute approximate surface area is 125 Å². The Morgan fingerprint density at radius 3 is 2.38 bits per heavy atom. The summed E-state index contributed by atoms with van der Waals surface area (Å²) in [5.41, 5.74) is -0.0550. The van der Waals surface area contributed by atoms with Crippen LogP contribution in [0.2, 0.25) is 0 Å². The third kappa shape index (κ3) is 2.96. The maximum atomic E-state index is 11.4. The monoisotopic (exact) mass is 291 g/mol. The second-order valence-electron chi connectivity index (χ2n) is 6.38. The Morgan fingerprint density at radius 2 is 1.81 bits per heavy atom. The standard InChI is InChI=1S/C15H25N5O/c1-12(2)18-6-8-19(9-7-18)13-10-20(11-13)14-4-5-15(21)17(3)16-14/h4-5,12-13H,6-11H2,1-3H3. The molecule has 1 aromatic heterocycles. The molecule has 0 saturated carbocycles. The van der Waals surface area contributed by atoms with Gasteiger partial charge in [0.15, 0.2) is 0 Å². The molecule has 0 unspecified atom stereocenters. The van der Waals surface area contributed by atoms with Crippen molar-refractivity contribution in [3.05, 3.63) is 22.5 Å². The summed E-state index contributed by atoms with van der Waals surface area (Å²) < 4.78 is 1.41. The van der Waals surface area contributed by atoms with Crippen LogP contribution < -0.4 is 10.5 Å². The van der Waals surface area contributed by atoms with Crippen molar-refractivity contribution in [2.24, 2.45) is 7.05 Å². The molecule has 0 aromatic carbocycles. The minimum Gasteiger partial charge on any atom is -0.352 e. The number of hydrogen-bond donors (Lipinski definition) is 0. The van der Waals surface area contributed by atoms with Gasteiger partial charge in [0.25, 0.3) is 5.56 Å². The number of rotatable bonds is 3. The number of aromatic nitrogens is 2. The minimum atomic E-state index is -0.0550. The molecule has 0 spiro atoms. The average Bonchev–Trinajstić information content (AvgIpc) is 2.42. The van der Waals surface area contributed by atoms with Crippen LogP contribution in [0.25, 0.3) is 0 Å². The molecule has 21 heavy (non-hydrogen) atoms. The highest BCUT2D eigenvalue weighted by atomic mass is 16.1. The van der Waals surface area contributed by atoms with Crippen molar-refractivity contribution in [2.45, 2.75) is 25.9 Å². The summed E-state index contributed by atoms with van der Waals surface area (Å²) in [6.07, 6.45) is 0. The highest BCUT2D eigenvalue weighted by Gasteiger charge is 2.34. The van der Waals surface area contributed by atoms with Crippen LogP contribution in [-0.4, -0.2) is 70.9 Å². The second kappa shape index (κ2) is 5.77. The largest absolute Gasteiger partial charge is 0.352 e. The second-order valence-corrected chi connectivity index (χ2v) is 6.38. The molecule has 3 rings (SSSR count). The summed E-state index contributed by atoms with van der Waals surface area (Å²) in [5, 5.41) is 4.31. The first-order chi connectivity index (χ1) is 10.0. The molecule has 6 nitrogen and oxygen atoms in total. The van der Waals surface area contributed by atoms with Crippen molar-refractivity contribution in [1.82, 2.24) is 19.6 Å². The van der Waals surface area contributed by atoms with E-state index in [1.54, 1.807) is 13.1 Å². The molecule has 0 radical (unpaired) electrons. The van der Waals surface area contributed by atoms with Gasteiger partial charge in [-0.1, -0.05) is 0 Å². The van der Waals surface area contributed by atoms with Crippen LogP contribution in [0.1, 0.15) is 13.8 Å². The van der Waals surface area contributed by atoms with Crippen molar-refractivity contribution in [2.75, 3.05) is 44.2 Å². The van der Waals surface area contributed by atoms with Crippen molar-refractivity contribution in [3.63, 3.8) is 0 Å². The van der Waals surface area contributed by atoms with Gasteiger partial charge in [-0.05, 0) is 19.9 Å². The maximum absolute atomic E-state index is 11.4. The van der Waals surface area contributed by atoms with Crippen LogP contribution in [0.5, 0.6) is 0 Å². The van der Waals surface area contributed by atoms with Gasteiger partial charge in [0.2, 0.25) is 0 Å². The first kappa shape index (κ1) is 14.5. The SMILES string of the molecule is CC(C)N1CCN(C2CN(c3ccc(=O)n(C)n3)C2)CC1. The van der Waals surface area contributed by atoms with Crippen LogP contribution in [0.15, 0.2) is 16.9 Å². The molecular weight excluding hydrogens is 266 g/mol. The molecule has 3 heterocycles. The Morgan fingerprint density at radius 1 is 1.14 bits per heavy atom. The maximum Gasteiger partial charge on any atom is 0.266 e. The Hall–Kier alpha value is -1.40. The van der Waals surface area contributed by atoms with Crippen LogP contribution in [-0.2, 0) is 7.05 Å². The number of anilines is 1. The van der Waals surface area contributed by atoms with Crippen LogP contribution in [0, 0.1) is 0 Å². The lowest BCUT2D eigenvalue weighted by Gasteiger charge is -2.49. The van der Waals surface area contributed by atoms with E-state index in [0.717, 1.165) is 32.0 Å². The van der Waals surface area contributed by atoms with E-state index in [9.17, 15) is 4.79 Å². The normalized spacial score (nSPS) is 21.8. The van der Waals surface area contributed by atoms with E-state index in [-0.39, 0.29) is 5.56 Å². The fourth-order valence-corrected chi connectivity index (χ4v) is 3.15. The van der Waals surface area contributed by atoms with E-state index in [4.69, 9.17) is 0 Å². The van der Waals surface area contributed by atoms with Gasteiger partial charge >= 0.3 is 0 Å². The van der Waals surface area contributed by atoms with Crippen LogP contribution >= 0.6 is 0 Å². The lowest BCUT2D eigenvalue weighted by Crippen LogP contribution is -2.63. The molecule has 116 valence electrons. The van der Waals surface area contributed by atoms with E-state index >= 15 is 0 Å². The zero-order chi connectivity index (χ0) is 15.0. The smallest absolute Gasteiger partial charge is 0.266 e. The van der Waals surface area contributed by atoms with E-state index in [2.05, 4.69) is 33.6 Å². The van der Waals surface area contributed by atoms with Crippen molar-refractivity contribution < 1.29 is 0 Å². The molecule has 0 N–H and O–H groups in total. The predicted octanol–water partition coefficient (Wildman–Crippen LogP) is -0.00510. The molecule has 2 saturated heterocycles. The molecule has 0 atom stereocenters. The molecule has 1 aromatic rings. The summed E-state index contributed by atoms with van der Waals surface area (Å²) in [6, 6.07) is 4.71. The summed E-state index contributed by atoms with van der Waals surface area (Å²) in [5.74, 6) is 0.911. The third-order valence-electron chi connectivity index (χ3n) is 4.73. The lowest BCUT2D eigenvalue weighted by atomic mass is 10.1. The molecule has 6 heteroatoms. The Balaban J connectivity index is 1.52. The fraction of sp³-hybridized carbons (Fsp3) is 0.733. The van der Waals surface area contributed by atoms with Gasteiger partial charge in [-0.15, -0.1) is 0 Å². The van der Waals surface area contributed by atoms with E-state index < -0.39 is 0 Å². The number of aryl methyl sites for hydroxylation is 1. The highest BCUT2D eigenvalue weighted by Crippen LogP contribution is 2.22. The van der Waals surface area contributed by atoms with Gasteiger partial charge in [0, 0.05) is 64.5 Å². The molecule has 2 aliphatic heterocycles. The summed E-state index contributed by atoms with van der Waals surface area (Å²) in [4.78, 5) is 18.8. The van der Waals surface area contributed by atoms with E-state index in [0.29, 0.717) is 12.1 Å². The quantitative estimate of drug-likeness (QED) is 0.784. The average molecular weight is 291 g/mol. The summed E-state index contributed by atoms with van der Waals surface area (Å²) >= 11 is 0.